The molecule has 0 radical (unpaired) electrons. The number of benzene rings is 1. The van der Waals surface area contributed by atoms with E-state index in [0.717, 1.165) is 11.3 Å². The monoisotopic (exact) mass is 423 g/mol. The Morgan fingerprint density at radius 2 is 1.93 bits per heavy atom. The van der Waals surface area contributed by atoms with Crippen molar-refractivity contribution in [2.75, 3.05) is 20.2 Å². The number of rotatable bonds is 5. The maximum Gasteiger partial charge on any atom is 0.269 e. The Morgan fingerprint density at radius 3 is 2.57 bits per heavy atom. The molecule has 1 aliphatic rings. The number of nitrogens with one attached hydrogen (secondary N) is 2. The highest BCUT2D eigenvalue weighted by atomic mass is 32.2. The van der Waals surface area contributed by atoms with Crippen molar-refractivity contribution in [3.63, 3.8) is 0 Å². The van der Waals surface area contributed by atoms with Crippen LogP contribution in [0, 0.1) is 5.92 Å². The Bertz CT molecular complexity index is 927. The van der Waals surface area contributed by atoms with Crippen LogP contribution in [-0.2, 0) is 14.8 Å². The van der Waals surface area contributed by atoms with E-state index in [2.05, 4.69) is 10.9 Å². The zero-order valence-electron chi connectivity index (χ0n) is 15.3. The molecule has 8 nitrogen and oxygen atoms in total. The number of nitrogens with zero attached hydrogens (tertiary/aromatic N) is 1. The van der Waals surface area contributed by atoms with Crippen LogP contribution in [0.3, 0.4) is 0 Å². The van der Waals surface area contributed by atoms with E-state index in [1.165, 1.54) is 11.4 Å². The standard InChI is InChI=1S/C18H21N3O5S2/c1-26-15-8-6-13(7-9-15)17(22)19-20-18(23)14-4-2-10-21(12-14)28(24,25)16-5-3-11-27-16/h3,5-9,11,14H,2,4,10,12H2,1H3,(H,19,22)(H,20,23). The third-order valence-electron chi connectivity index (χ3n) is 4.50. The summed E-state index contributed by atoms with van der Waals surface area (Å²) in [5.74, 6) is -0.780. The molecule has 1 saturated heterocycles. The zero-order chi connectivity index (χ0) is 20.1. The lowest BCUT2D eigenvalue weighted by atomic mass is 9.99. The Morgan fingerprint density at radius 1 is 1.18 bits per heavy atom. The van der Waals surface area contributed by atoms with Gasteiger partial charge >= 0.3 is 0 Å². The summed E-state index contributed by atoms with van der Waals surface area (Å²) in [4.78, 5) is 24.6. The van der Waals surface area contributed by atoms with E-state index in [9.17, 15) is 18.0 Å². The van der Waals surface area contributed by atoms with Crippen LogP contribution in [0.2, 0.25) is 0 Å². The maximum absolute atomic E-state index is 12.6. The Hall–Kier alpha value is -2.43. The fourth-order valence-corrected chi connectivity index (χ4v) is 5.62. The molecule has 1 atom stereocenters. The van der Waals surface area contributed by atoms with Gasteiger partial charge in [-0.05, 0) is 48.6 Å². The largest absolute Gasteiger partial charge is 0.497 e. The Kier molecular flexibility index (Phi) is 6.32. The molecule has 3 rings (SSSR count). The predicted molar refractivity (Wildman–Crippen MR) is 104 cm³/mol. The first-order valence-corrected chi connectivity index (χ1v) is 11.0. The molecular formula is C18H21N3O5S2. The number of hydrogen-bond donors (Lipinski definition) is 2. The summed E-state index contributed by atoms with van der Waals surface area (Å²) in [6, 6.07) is 9.68. The Labute approximate surface area is 167 Å². The van der Waals surface area contributed by atoms with Crippen LogP contribution in [0.1, 0.15) is 23.2 Å². The molecule has 2 heterocycles. The molecule has 0 spiro atoms. The molecule has 2 amide bonds. The molecule has 150 valence electrons. The van der Waals surface area contributed by atoms with Crippen molar-refractivity contribution < 1.29 is 22.7 Å². The minimum atomic E-state index is -3.59. The summed E-state index contributed by atoms with van der Waals surface area (Å²) in [7, 11) is -2.06. The second kappa shape index (κ2) is 8.72. The second-order valence-electron chi connectivity index (χ2n) is 6.31. The SMILES string of the molecule is COc1ccc(C(=O)NNC(=O)C2CCCN(S(=O)(=O)c3cccs3)C2)cc1. The molecule has 1 aromatic heterocycles. The van der Waals surface area contributed by atoms with Crippen LogP contribution < -0.4 is 15.6 Å². The van der Waals surface area contributed by atoms with Gasteiger partial charge in [-0.1, -0.05) is 6.07 Å². The number of hydrazine groups is 1. The van der Waals surface area contributed by atoms with Crippen LogP contribution >= 0.6 is 11.3 Å². The maximum atomic E-state index is 12.6. The number of sulfonamides is 1. The van der Waals surface area contributed by atoms with Crippen molar-refractivity contribution in [3.05, 3.63) is 47.3 Å². The molecular weight excluding hydrogens is 402 g/mol. The van der Waals surface area contributed by atoms with E-state index in [4.69, 9.17) is 4.74 Å². The highest BCUT2D eigenvalue weighted by molar-refractivity contribution is 7.91. The lowest BCUT2D eigenvalue weighted by Crippen LogP contribution is -2.49. The number of ether oxygens (including phenoxy) is 1. The molecule has 2 aromatic rings. The van der Waals surface area contributed by atoms with Crippen LogP contribution in [0.25, 0.3) is 0 Å². The number of piperidine rings is 1. The summed E-state index contributed by atoms with van der Waals surface area (Å²) in [5, 5.41) is 1.70. The highest BCUT2D eigenvalue weighted by Crippen LogP contribution is 2.26. The summed E-state index contributed by atoms with van der Waals surface area (Å²) in [5.41, 5.74) is 5.13. The first-order valence-electron chi connectivity index (χ1n) is 8.69. The number of thiophene rings is 1. The van der Waals surface area contributed by atoms with Gasteiger partial charge in [-0.2, -0.15) is 4.31 Å². The first-order chi connectivity index (χ1) is 13.4. The highest BCUT2D eigenvalue weighted by Gasteiger charge is 2.33. The Balaban J connectivity index is 1.57. The van der Waals surface area contributed by atoms with E-state index >= 15 is 0 Å². The van der Waals surface area contributed by atoms with Crippen molar-refractivity contribution in [1.82, 2.24) is 15.2 Å². The van der Waals surface area contributed by atoms with E-state index in [1.807, 2.05) is 0 Å². The lowest BCUT2D eigenvalue weighted by molar-refractivity contribution is -0.126. The fraction of sp³-hybridized carbons (Fsp3) is 0.333. The predicted octanol–water partition coefficient (Wildman–Crippen LogP) is 1.62. The number of carbonyl (C=O) groups is 2. The van der Waals surface area contributed by atoms with Crippen molar-refractivity contribution in [1.29, 1.82) is 0 Å². The molecule has 1 aromatic carbocycles. The molecule has 1 unspecified atom stereocenters. The minimum Gasteiger partial charge on any atom is -0.497 e. The van der Waals surface area contributed by atoms with Gasteiger partial charge < -0.3 is 4.74 Å². The third kappa shape index (κ3) is 4.51. The smallest absolute Gasteiger partial charge is 0.269 e. The van der Waals surface area contributed by atoms with E-state index in [0.29, 0.717) is 30.7 Å². The summed E-state index contributed by atoms with van der Waals surface area (Å²) in [6.07, 6.45) is 1.13. The van der Waals surface area contributed by atoms with Gasteiger partial charge in [-0.25, -0.2) is 8.42 Å². The van der Waals surface area contributed by atoms with Crippen LogP contribution in [-0.4, -0.2) is 44.7 Å². The van der Waals surface area contributed by atoms with Gasteiger partial charge in [0.05, 0.1) is 13.0 Å². The molecule has 10 heteroatoms. The molecule has 1 fully saturated rings. The van der Waals surface area contributed by atoms with Gasteiger partial charge in [0.2, 0.25) is 5.91 Å². The topological polar surface area (TPSA) is 105 Å². The van der Waals surface area contributed by atoms with Gasteiger partial charge in [-0.15, -0.1) is 11.3 Å². The average Bonchev–Trinajstić information content (AvgIpc) is 3.27. The molecule has 28 heavy (non-hydrogen) atoms. The van der Waals surface area contributed by atoms with Gasteiger partial charge in [0.15, 0.2) is 0 Å². The quantitative estimate of drug-likeness (QED) is 0.711. The molecule has 2 N–H and O–H groups in total. The molecule has 0 aliphatic carbocycles. The number of carbonyl (C=O) groups excluding carboxylic acids is 2. The van der Waals surface area contributed by atoms with Crippen molar-refractivity contribution in [3.8, 4) is 5.75 Å². The lowest BCUT2D eigenvalue weighted by Gasteiger charge is -2.30. The van der Waals surface area contributed by atoms with E-state index in [-0.39, 0.29) is 10.8 Å². The van der Waals surface area contributed by atoms with E-state index < -0.39 is 27.8 Å². The number of hydrogen-bond acceptors (Lipinski definition) is 6. The van der Waals surface area contributed by atoms with Gasteiger partial charge in [-0.3, -0.25) is 20.4 Å². The van der Waals surface area contributed by atoms with Crippen molar-refractivity contribution in [2.24, 2.45) is 5.92 Å². The summed E-state index contributed by atoms with van der Waals surface area (Å²) < 4.78 is 31.9. The van der Waals surface area contributed by atoms with Gasteiger partial charge in [0, 0.05) is 18.7 Å². The molecule has 0 bridgehead atoms. The average molecular weight is 424 g/mol. The van der Waals surface area contributed by atoms with Crippen LogP contribution in [0.15, 0.2) is 46.0 Å². The van der Waals surface area contributed by atoms with Crippen molar-refractivity contribution >= 4 is 33.2 Å². The fourth-order valence-electron chi connectivity index (χ4n) is 2.95. The third-order valence-corrected chi connectivity index (χ3v) is 7.73. The normalized spacial score (nSPS) is 17.7. The molecule has 0 saturated carbocycles. The summed E-state index contributed by atoms with van der Waals surface area (Å²) in [6.45, 7) is 0.465. The van der Waals surface area contributed by atoms with Crippen LogP contribution in [0.5, 0.6) is 5.75 Å². The molecule has 1 aliphatic heterocycles. The zero-order valence-corrected chi connectivity index (χ0v) is 16.9. The first kappa shape index (κ1) is 20.3. The van der Waals surface area contributed by atoms with E-state index in [1.54, 1.807) is 41.8 Å². The van der Waals surface area contributed by atoms with Gasteiger partial charge in [0.1, 0.15) is 9.96 Å². The summed E-state index contributed by atoms with van der Waals surface area (Å²) >= 11 is 1.15. The minimum absolute atomic E-state index is 0.0878. The van der Waals surface area contributed by atoms with Crippen molar-refractivity contribution in [2.45, 2.75) is 17.1 Å². The van der Waals surface area contributed by atoms with Gasteiger partial charge in [0.25, 0.3) is 15.9 Å². The number of methoxy groups -OCH3 is 1. The van der Waals surface area contributed by atoms with Crippen LogP contribution in [0.4, 0.5) is 0 Å². The second-order valence-corrected chi connectivity index (χ2v) is 9.42. The number of amides is 2.